The lowest BCUT2D eigenvalue weighted by Crippen LogP contribution is -2.54. The van der Waals surface area contributed by atoms with Crippen molar-refractivity contribution < 1.29 is 34.8 Å². The van der Waals surface area contributed by atoms with Gasteiger partial charge in [0.2, 0.25) is 0 Å². The van der Waals surface area contributed by atoms with E-state index in [2.05, 4.69) is 34.3 Å². The summed E-state index contributed by atoms with van der Waals surface area (Å²) in [5, 5.41) is 42.5. The highest BCUT2D eigenvalue weighted by atomic mass is 16.6. The van der Waals surface area contributed by atoms with Gasteiger partial charge in [0.25, 0.3) is 11.9 Å². The molecule has 0 bridgehead atoms. The van der Waals surface area contributed by atoms with Gasteiger partial charge < -0.3 is 40.6 Å². The maximum absolute atomic E-state index is 12.3. The average molecular weight is 492 g/mol. The van der Waals surface area contributed by atoms with Crippen molar-refractivity contribution in [2.75, 3.05) is 6.61 Å². The summed E-state index contributed by atoms with van der Waals surface area (Å²) >= 11 is 0. The van der Waals surface area contributed by atoms with E-state index in [1.165, 1.54) is 19.4 Å². The van der Waals surface area contributed by atoms with Crippen molar-refractivity contribution >= 4 is 5.91 Å². The molecule has 0 fully saturated rings. The van der Waals surface area contributed by atoms with E-state index in [1.54, 1.807) is 54.0 Å². The SMILES string of the molecule is C[C@@H](O)[C@H](NC(=O)c1ccc(C#CC#Cc2ccc(OCC3=COC(O)=CN3)cc2)cc1)C(O)NO. The van der Waals surface area contributed by atoms with Crippen LogP contribution in [0.5, 0.6) is 5.75 Å². The lowest BCUT2D eigenvalue weighted by molar-refractivity contribution is -0.0463. The van der Waals surface area contributed by atoms with E-state index in [1.807, 2.05) is 0 Å². The van der Waals surface area contributed by atoms with Crippen LogP contribution < -0.4 is 20.9 Å². The third kappa shape index (κ3) is 7.81. The number of ether oxygens (including phenoxy) is 2. The molecule has 1 unspecified atom stereocenters. The molecule has 1 heterocycles. The van der Waals surface area contributed by atoms with E-state index in [0.717, 1.165) is 5.56 Å². The number of hydrogen-bond acceptors (Lipinski definition) is 9. The monoisotopic (exact) mass is 491 g/mol. The van der Waals surface area contributed by atoms with Crippen LogP contribution in [-0.2, 0) is 4.74 Å². The molecule has 1 amide bonds. The molecule has 1 aliphatic heterocycles. The van der Waals surface area contributed by atoms with Crippen molar-refractivity contribution in [3.05, 3.63) is 89.3 Å². The number of rotatable bonds is 8. The summed E-state index contributed by atoms with van der Waals surface area (Å²) in [7, 11) is 0. The van der Waals surface area contributed by atoms with Gasteiger partial charge in [-0.2, -0.15) is 5.48 Å². The van der Waals surface area contributed by atoms with Gasteiger partial charge in [-0.25, -0.2) is 0 Å². The summed E-state index contributed by atoms with van der Waals surface area (Å²) in [6, 6.07) is 12.4. The number of amides is 1. The number of hydrogen-bond donors (Lipinski definition) is 7. The van der Waals surface area contributed by atoms with Crippen molar-refractivity contribution in [1.29, 1.82) is 0 Å². The lowest BCUT2D eigenvalue weighted by atomic mass is 10.1. The minimum absolute atomic E-state index is 0.217. The normalized spacial score (nSPS) is 14.6. The first-order valence-corrected chi connectivity index (χ1v) is 10.8. The molecule has 3 atom stereocenters. The van der Waals surface area contributed by atoms with Crippen LogP contribution in [0.4, 0.5) is 0 Å². The first-order valence-electron chi connectivity index (χ1n) is 10.8. The van der Waals surface area contributed by atoms with E-state index in [9.17, 15) is 15.0 Å². The Bertz CT molecular complexity index is 1230. The summed E-state index contributed by atoms with van der Waals surface area (Å²) < 4.78 is 10.5. The van der Waals surface area contributed by atoms with Crippen LogP contribution in [0, 0.1) is 23.7 Å². The van der Waals surface area contributed by atoms with E-state index in [-0.39, 0.29) is 12.6 Å². The number of carbonyl (C=O) groups is 1. The van der Waals surface area contributed by atoms with Crippen molar-refractivity contribution in [1.82, 2.24) is 16.1 Å². The molecule has 10 nitrogen and oxygen atoms in total. The number of aliphatic hydroxyl groups is 3. The van der Waals surface area contributed by atoms with Crippen LogP contribution in [0.2, 0.25) is 0 Å². The average Bonchev–Trinajstić information content (AvgIpc) is 2.89. The molecule has 0 saturated carbocycles. The first kappa shape index (κ1) is 26.2. The predicted molar refractivity (Wildman–Crippen MR) is 129 cm³/mol. The third-order valence-corrected chi connectivity index (χ3v) is 4.86. The molecule has 0 radical (unpaired) electrons. The highest BCUT2D eigenvalue weighted by molar-refractivity contribution is 5.94. The van der Waals surface area contributed by atoms with Crippen molar-refractivity contribution in [3.63, 3.8) is 0 Å². The highest BCUT2D eigenvalue weighted by Crippen LogP contribution is 2.13. The van der Waals surface area contributed by atoms with Gasteiger partial charge in [-0.15, -0.1) is 0 Å². The maximum Gasteiger partial charge on any atom is 0.298 e. The zero-order valence-corrected chi connectivity index (χ0v) is 19.2. The van der Waals surface area contributed by atoms with Gasteiger partial charge in [0.1, 0.15) is 24.8 Å². The number of aliphatic hydroxyl groups excluding tert-OH is 3. The van der Waals surface area contributed by atoms with Gasteiger partial charge in [-0.1, -0.05) is 11.8 Å². The fraction of sp³-hybridized carbons (Fsp3) is 0.192. The molecular formula is C26H25N3O7. The van der Waals surface area contributed by atoms with Crippen molar-refractivity contribution in [2.24, 2.45) is 0 Å². The Hall–Kier alpha value is -4.45. The minimum Gasteiger partial charge on any atom is -0.487 e. The molecule has 0 saturated heterocycles. The topological polar surface area (TPSA) is 153 Å². The highest BCUT2D eigenvalue weighted by Gasteiger charge is 2.25. The summed E-state index contributed by atoms with van der Waals surface area (Å²) in [5.74, 6) is 11.2. The van der Waals surface area contributed by atoms with Crippen LogP contribution in [-0.4, -0.2) is 51.4 Å². The second-order valence-electron chi connectivity index (χ2n) is 7.59. The first-order chi connectivity index (χ1) is 17.4. The van der Waals surface area contributed by atoms with Gasteiger partial charge in [0.05, 0.1) is 24.0 Å². The fourth-order valence-corrected chi connectivity index (χ4v) is 2.92. The Balaban J connectivity index is 1.52. The summed E-state index contributed by atoms with van der Waals surface area (Å²) in [4.78, 5) is 12.3. The van der Waals surface area contributed by atoms with E-state index in [0.29, 0.717) is 22.6 Å². The Morgan fingerprint density at radius 2 is 1.67 bits per heavy atom. The van der Waals surface area contributed by atoms with Crippen LogP contribution in [0.15, 0.2) is 72.6 Å². The van der Waals surface area contributed by atoms with Gasteiger partial charge in [0.15, 0.2) is 0 Å². The summed E-state index contributed by atoms with van der Waals surface area (Å²) in [5.41, 5.74) is 3.95. The van der Waals surface area contributed by atoms with E-state index >= 15 is 0 Å². The molecule has 2 aromatic carbocycles. The molecule has 36 heavy (non-hydrogen) atoms. The van der Waals surface area contributed by atoms with Crippen LogP contribution in [0.25, 0.3) is 0 Å². The number of benzene rings is 2. The van der Waals surface area contributed by atoms with Crippen LogP contribution in [0.3, 0.4) is 0 Å². The molecule has 0 aliphatic carbocycles. The molecular weight excluding hydrogens is 466 g/mol. The predicted octanol–water partition coefficient (Wildman–Crippen LogP) is 1.06. The third-order valence-electron chi connectivity index (χ3n) is 4.86. The number of carbonyl (C=O) groups excluding carboxylic acids is 1. The van der Waals surface area contributed by atoms with E-state index < -0.39 is 24.3 Å². The minimum atomic E-state index is -1.53. The van der Waals surface area contributed by atoms with Gasteiger partial charge >= 0.3 is 0 Å². The smallest absolute Gasteiger partial charge is 0.298 e. The number of nitrogens with one attached hydrogen (secondary N) is 3. The maximum atomic E-state index is 12.3. The summed E-state index contributed by atoms with van der Waals surface area (Å²) in [6.07, 6.45) is 0.0615. The fourth-order valence-electron chi connectivity index (χ4n) is 2.92. The van der Waals surface area contributed by atoms with Crippen LogP contribution in [0.1, 0.15) is 28.4 Å². The molecule has 1 aliphatic rings. The van der Waals surface area contributed by atoms with Crippen molar-refractivity contribution in [2.45, 2.75) is 25.3 Å². The Kier molecular flexibility index (Phi) is 9.34. The Morgan fingerprint density at radius 3 is 2.19 bits per heavy atom. The molecule has 0 aromatic heterocycles. The van der Waals surface area contributed by atoms with Crippen LogP contribution >= 0.6 is 0 Å². The Labute approximate surface area is 207 Å². The van der Waals surface area contributed by atoms with Gasteiger partial charge in [-0.05, 0) is 67.3 Å². The largest absolute Gasteiger partial charge is 0.487 e. The number of hydroxylamine groups is 1. The molecule has 3 rings (SSSR count). The Morgan fingerprint density at radius 1 is 1.06 bits per heavy atom. The molecule has 7 N–H and O–H groups in total. The van der Waals surface area contributed by atoms with E-state index in [4.69, 9.17) is 19.8 Å². The molecule has 186 valence electrons. The van der Waals surface area contributed by atoms with Gasteiger partial charge in [0, 0.05) is 16.7 Å². The zero-order chi connectivity index (χ0) is 25.9. The molecule has 0 spiro atoms. The second kappa shape index (κ2) is 12.9. The quantitative estimate of drug-likeness (QED) is 0.163. The zero-order valence-electron chi connectivity index (χ0n) is 19.2. The molecule has 2 aromatic rings. The standard InChI is InChI=1S/C26H25N3O7/c1-17(30)24(26(33)29-34)28-25(32)20-10-6-18(7-11-20)4-2-3-5-19-8-12-22(13-9-19)35-15-21-16-36-23(31)14-27-21/h6-14,16-17,24,26-27,29-31,33-34H,15H2,1H3,(H,28,32)/t17-,24+,26?/m1/s1. The van der Waals surface area contributed by atoms with Crippen molar-refractivity contribution in [3.8, 4) is 29.4 Å². The lowest BCUT2D eigenvalue weighted by Gasteiger charge is -2.25. The second-order valence-corrected chi connectivity index (χ2v) is 7.59. The summed E-state index contributed by atoms with van der Waals surface area (Å²) in [6.45, 7) is 1.62. The molecule has 10 heteroatoms. The van der Waals surface area contributed by atoms with Gasteiger partial charge in [-0.3, -0.25) is 4.79 Å².